The van der Waals surface area contributed by atoms with Gasteiger partial charge in [0.1, 0.15) is 12.1 Å². The first-order valence-electron chi connectivity index (χ1n) is 9.38. The summed E-state index contributed by atoms with van der Waals surface area (Å²) in [6.45, 7) is 5.28. The summed E-state index contributed by atoms with van der Waals surface area (Å²) in [5, 5.41) is 7.05. The molecule has 0 amide bonds. The first kappa shape index (κ1) is 17.0. The summed E-state index contributed by atoms with van der Waals surface area (Å²) < 4.78 is 1.93. The maximum Gasteiger partial charge on any atom is 0.191 e. The van der Waals surface area contributed by atoms with Crippen molar-refractivity contribution < 1.29 is 0 Å². The highest BCUT2D eigenvalue weighted by molar-refractivity contribution is 5.80. The zero-order valence-corrected chi connectivity index (χ0v) is 15.5. The van der Waals surface area contributed by atoms with Crippen molar-refractivity contribution in [1.29, 1.82) is 0 Å². The quantitative estimate of drug-likeness (QED) is 0.628. The van der Waals surface area contributed by atoms with E-state index in [2.05, 4.69) is 43.5 Å². The third kappa shape index (κ3) is 3.72. The molecule has 3 heterocycles. The van der Waals surface area contributed by atoms with Crippen molar-refractivity contribution in [2.75, 3.05) is 20.1 Å². The molecule has 1 saturated heterocycles. The van der Waals surface area contributed by atoms with Gasteiger partial charge in [0.15, 0.2) is 5.96 Å². The van der Waals surface area contributed by atoms with E-state index in [1.165, 1.54) is 19.4 Å². The van der Waals surface area contributed by atoms with Crippen molar-refractivity contribution >= 4 is 5.96 Å². The van der Waals surface area contributed by atoms with Crippen LogP contribution in [0.3, 0.4) is 0 Å². The molecule has 1 aliphatic heterocycles. The molecule has 2 fully saturated rings. The highest BCUT2D eigenvalue weighted by Crippen LogP contribution is 2.31. The molecule has 2 atom stereocenters. The largest absolute Gasteiger partial charge is 0.352 e. The molecule has 1 aliphatic carbocycles. The molecule has 2 N–H and O–H groups in total. The molecule has 2 aromatic heterocycles. The van der Waals surface area contributed by atoms with Crippen LogP contribution < -0.4 is 10.6 Å². The van der Waals surface area contributed by atoms with Gasteiger partial charge >= 0.3 is 0 Å². The third-order valence-electron chi connectivity index (χ3n) is 5.31. The average Bonchev–Trinajstić information content (AvgIpc) is 3.24. The smallest absolute Gasteiger partial charge is 0.191 e. The van der Waals surface area contributed by atoms with E-state index in [1.807, 2.05) is 23.9 Å². The van der Waals surface area contributed by atoms with E-state index in [0.29, 0.717) is 18.5 Å². The summed E-state index contributed by atoms with van der Waals surface area (Å²) in [6, 6.07) is 5.31. The number of hydrogen-bond acceptors (Lipinski definition) is 4. The van der Waals surface area contributed by atoms with Crippen molar-refractivity contribution in [2.24, 2.45) is 10.9 Å². The summed E-state index contributed by atoms with van der Waals surface area (Å²) in [5.74, 6) is 2.37. The molecule has 0 aromatic carbocycles. The van der Waals surface area contributed by atoms with Gasteiger partial charge in [-0.05, 0) is 24.8 Å². The van der Waals surface area contributed by atoms with E-state index in [1.54, 1.807) is 18.7 Å². The number of aromatic nitrogens is 3. The van der Waals surface area contributed by atoms with Crippen LogP contribution in [0.2, 0.25) is 0 Å². The van der Waals surface area contributed by atoms with Crippen molar-refractivity contribution in [3.05, 3.63) is 42.6 Å². The third-order valence-corrected chi connectivity index (χ3v) is 5.31. The lowest BCUT2D eigenvalue weighted by molar-refractivity contribution is 0.315. The highest BCUT2D eigenvalue weighted by atomic mass is 15.3. The predicted molar refractivity (Wildman–Crippen MR) is 102 cm³/mol. The molecule has 26 heavy (non-hydrogen) atoms. The minimum absolute atomic E-state index is 0.448. The zero-order chi connectivity index (χ0) is 17.9. The van der Waals surface area contributed by atoms with E-state index in [9.17, 15) is 0 Å². The van der Waals surface area contributed by atoms with Gasteiger partial charge in [-0.3, -0.25) is 14.5 Å². The Morgan fingerprint density at radius 1 is 1.31 bits per heavy atom. The first-order chi connectivity index (χ1) is 12.7. The standard InChI is InChI=1S/C19H27N7/c1-14-11-26(16-5-6-16)12-17(14)24-19(20-2)23-10-15-4-3-7-22-18(15)25-9-8-21-13-25/h3-4,7-9,13-14,16-17H,5-6,10-12H2,1-2H3,(H2,20,23,24). The molecular formula is C19H27N7. The molecule has 7 heteroatoms. The molecule has 2 aliphatic rings. The van der Waals surface area contributed by atoms with E-state index in [-0.39, 0.29) is 0 Å². The first-order valence-corrected chi connectivity index (χ1v) is 9.38. The van der Waals surface area contributed by atoms with Crippen LogP contribution in [0, 0.1) is 5.92 Å². The van der Waals surface area contributed by atoms with Crippen LogP contribution in [-0.4, -0.2) is 57.6 Å². The number of pyridine rings is 1. The number of hydrogen-bond donors (Lipinski definition) is 2. The van der Waals surface area contributed by atoms with Gasteiger partial charge in [-0.25, -0.2) is 9.97 Å². The van der Waals surface area contributed by atoms with Crippen molar-refractivity contribution in [3.8, 4) is 5.82 Å². The van der Waals surface area contributed by atoms with Gasteiger partial charge in [-0.1, -0.05) is 13.0 Å². The topological polar surface area (TPSA) is 70.4 Å². The van der Waals surface area contributed by atoms with Gasteiger partial charge < -0.3 is 10.6 Å². The molecule has 0 radical (unpaired) electrons. The summed E-state index contributed by atoms with van der Waals surface area (Å²) in [6.07, 6.45) is 9.98. The second-order valence-electron chi connectivity index (χ2n) is 7.30. The van der Waals surface area contributed by atoms with Gasteiger partial charge in [0.05, 0.1) is 0 Å². The Hall–Kier alpha value is -2.41. The van der Waals surface area contributed by atoms with Crippen LogP contribution >= 0.6 is 0 Å². The second-order valence-corrected chi connectivity index (χ2v) is 7.30. The lowest BCUT2D eigenvalue weighted by Gasteiger charge is -2.21. The fourth-order valence-corrected chi connectivity index (χ4v) is 3.66. The Morgan fingerprint density at radius 2 is 2.19 bits per heavy atom. The van der Waals surface area contributed by atoms with E-state index < -0.39 is 0 Å². The van der Waals surface area contributed by atoms with Gasteiger partial charge in [0.25, 0.3) is 0 Å². The Bertz CT molecular complexity index is 751. The van der Waals surface area contributed by atoms with Crippen LogP contribution in [0.4, 0.5) is 0 Å². The molecule has 0 spiro atoms. The fourth-order valence-electron chi connectivity index (χ4n) is 3.66. The lowest BCUT2D eigenvalue weighted by Crippen LogP contribution is -2.46. The molecule has 4 rings (SSSR count). The SMILES string of the molecule is CN=C(NCc1cccnc1-n1ccnc1)NC1CN(C2CC2)CC1C. The van der Waals surface area contributed by atoms with Crippen LogP contribution in [0.25, 0.3) is 5.82 Å². The number of rotatable bonds is 5. The molecule has 0 bridgehead atoms. The second kappa shape index (κ2) is 7.45. The van der Waals surface area contributed by atoms with Crippen molar-refractivity contribution in [3.63, 3.8) is 0 Å². The molecule has 2 aromatic rings. The Balaban J connectivity index is 1.38. The van der Waals surface area contributed by atoms with E-state index >= 15 is 0 Å². The van der Waals surface area contributed by atoms with Gasteiger partial charge in [0.2, 0.25) is 0 Å². The monoisotopic (exact) mass is 353 g/mol. The predicted octanol–water partition coefficient (Wildman–Crippen LogP) is 1.41. The Morgan fingerprint density at radius 3 is 2.92 bits per heavy atom. The minimum Gasteiger partial charge on any atom is -0.352 e. The summed E-state index contributed by atoms with van der Waals surface area (Å²) in [4.78, 5) is 15.6. The normalized spacial score (nSPS) is 24.0. The maximum absolute atomic E-state index is 4.49. The zero-order valence-electron chi connectivity index (χ0n) is 15.5. The summed E-state index contributed by atoms with van der Waals surface area (Å²) in [5.41, 5.74) is 1.10. The molecule has 138 valence electrons. The van der Waals surface area contributed by atoms with E-state index in [4.69, 9.17) is 0 Å². The fraction of sp³-hybridized carbons (Fsp3) is 0.526. The number of guanidine groups is 1. The van der Waals surface area contributed by atoms with Crippen LogP contribution in [0.15, 0.2) is 42.0 Å². The molecule has 2 unspecified atom stereocenters. The minimum atomic E-state index is 0.448. The number of nitrogens with zero attached hydrogens (tertiary/aromatic N) is 5. The van der Waals surface area contributed by atoms with Crippen LogP contribution in [0.1, 0.15) is 25.3 Å². The van der Waals surface area contributed by atoms with Crippen LogP contribution in [-0.2, 0) is 6.54 Å². The number of likely N-dealkylation sites (tertiary alicyclic amines) is 1. The highest BCUT2D eigenvalue weighted by Gasteiger charge is 2.38. The van der Waals surface area contributed by atoms with E-state index in [0.717, 1.165) is 29.9 Å². The van der Waals surface area contributed by atoms with Crippen LogP contribution in [0.5, 0.6) is 0 Å². The Kier molecular flexibility index (Phi) is 4.88. The lowest BCUT2D eigenvalue weighted by atomic mass is 10.1. The average molecular weight is 353 g/mol. The number of imidazole rings is 1. The molecular weight excluding hydrogens is 326 g/mol. The molecule has 1 saturated carbocycles. The molecule has 7 nitrogen and oxygen atoms in total. The summed E-state index contributed by atoms with van der Waals surface area (Å²) in [7, 11) is 1.83. The van der Waals surface area contributed by atoms with Crippen molar-refractivity contribution in [2.45, 2.75) is 38.4 Å². The number of aliphatic imine (C=N–C) groups is 1. The number of nitrogens with one attached hydrogen (secondary N) is 2. The van der Waals surface area contributed by atoms with Gasteiger partial charge in [0, 0.05) is 62.9 Å². The van der Waals surface area contributed by atoms with Gasteiger partial charge in [-0.2, -0.15) is 0 Å². The van der Waals surface area contributed by atoms with Crippen molar-refractivity contribution in [1.82, 2.24) is 30.1 Å². The summed E-state index contributed by atoms with van der Waals surface area (Å²) >= 11 is 0. The maximum atomic E-state index is 4.49. The Labute approximate surface area is 154 Å². The van der Waals surface area contributed by atoms with Gasteiger partial charge in [-0.15, -0.1) is 0 Å².